The van der Waals surface area contributed by atoms with Gasteiger partial charge in [0.1, 0.15) is 0 Å². The number of furan rings is 1. The number of amides is 2. The Morgan fingerprint density at radius 2 is 2.09 bits per heavy atom. The largest absolute Gasteiger partial charge is 0.472 e. The standard InChI is InChI=1S/C15H19N5O2/c21-15(18-10-12-4-9-22-11-12)19-13-2-7-20(8-3-13)14-16-5-1-6-17-14/h1,4-6,9,11,13H,2-3,7-8,10H2,(H2,18,19,21). The summed E-state index contributed by atoms with van der Waals surface area (Å²) in [5.41, 5.74) is 0.950. The van der Waals surface area contributed by atoms with E-state index in [4.69, 9.17) is 4.42 Å². The third kappa shape index (κ3) is 3.75. The van der Waals surface area contributed by atoms with Gasteiger partial charge in [-0.25, -0.2) is 14.8 Å². The lowest BCUT2D eigenvalue weighted by atomic mass is 10.1. The van der Waals surface area contributed by atoms with Gasteiger partial charge in [-0.05, 0) is 25.0 Å². The molecule has 1 saturated heterocycles. The molecule has 3 rings (SSSR count). The molecule has 0 aromatic carbocycles. The molecule has 0 bridgehead atoms. The van der Waals surface area contributed by atoms with E-state index in [1.807, 2.05) is 12.1 Å². The van der Waals surface area contributed by atoms with E-state index in [9.17, 15) is 4.79 Å². The quantitative estimate of drug-likeness (QED) is 0.895. The smallest absolute Gasteiger partial charge is 0.315 e. The molecule has 1 fully saturated rings. The van der Waals surface area contributed by atoms with Crippen LogP contribution in [0.4, 0.5) is 10.7 Å². The topological polar surface area (TPSA) is 83.3 Å². The average molecular weight is 301 g/mol. The van der Waals surface area contributed by atoms with Crippen molar-refractivity contribution >= 4 is 12.0 Å². The fourth-order valence-corrected chi connectivity index (χ4v) is 2.49. The lowest BCUT2D eigenvalue weighted by Gasteiger charge is -2.32. The van der Waals surface area contributed by atoms with Crippen LogP contribution >= 0.6 is 0 Å². The van der Waals surface area contributed by atoms with Crippen molar-refractivity contribution in [3.63, 3.8) is 0 Å². The maximum atomic E-state index is 11.9. The second kappa shape index (κ2) is 6.93. The minimum absolute atomic E-state index is 0.143. The minimum atomic E-state index is -0.143. The van der Waals surface area contributed by atoms with Crippen LogP contribution in [0.1, 0.15) is 18.4 Å². The molecule has 0 spiro atoms. The van der Waals surface area contributed by atoms with Gasteiger partial charge in [0.05, 0.1) is 12.5 Å². The van der Waals surface area contributed by atoms with Crippen LogP contribution in [-0.4, -0.2) is 35.1 Å². The van der Waals surface area contributed by atoms with Crippen LogP contribution < -0.4 is 15.5 Å². The maximum Gasteiger partial charge on any atom is 0.315 e. The molecule has 22 heavy (non-hydrogen) atoms. The molecule has 2 aromatic rings. The summed E-state index contributed by atoms with van der Waals surface area (Å²) in [5.74, 6) is 0.755. The van der Waals surface area contributed by atoms with E-state index in [2.05, 4.69) is 25.5 Å². The first-order valence-corrected chi connectivity index (χ1v) is 7.38. The summed E-state index contributed by atoms with van der Waals surface area (Å²) in [4.78, 5) is 22.5. The molecule has 2 N–H and O–H groups in total. The fourth-order valence-electron chi connectivity index (χ4n) is 2.49. The van der Waals surface area contributed by atoms with E-state index in [1.165, 1.54) is 0 Å². The number of carbonyl (C=O) groups is 1. The van der Waals surface area contributed by atoms with Crippen molar-refractivity contribution in [1.29, 1.82) is 0 Å². The van der Waals surface area contributed by atoms with Gasteiger partial charge in [-0.1, -0.05) is 0 Å². The van der Waals surface area contributed by atoms with Crippen molar-refractivity contribution in [2.45, 2.75) is 25.4 Å². The van der Waals surface area contributed by atoms with Gasteiger partial charge < -0.3 is 20.0 Å². The normalized spacial score (nSPS) is 15.5. The predicted molar refractivity (Wildman–Crippen MR) is 81.3 cm³/mol. The van der Waals surface area contributed by atoms with E-state index >= 15 is 0 Å². The number of aromatic nitrogens is 2. The molecule has 0 atom stereocenters. The zero-order valence-electron chi connectivity index (χ0n) is 12.2. The molecule has 0 unspecified atom stereocenters. The van der Waals surface area contributed by atoms with Gasteiger partial charge in [0.15, 0.2) is 0 Å². The Balaban J connectivity index is 1.41. The lowest BCUT2D eigenvalue weighted by Crippen LogP contribution is -2.48. The van der Waals surface area contributed by atoms with Gasteiger partial charge in [-0.3, -0.25) is 0 Å². The number of anilines is 1. The number of piperidine rings is 1. The van der Waals surface area contributed by atoms with E-state index < -0.39 is 0 Å². The summed E-state index contributed by atoms with van der Waals surface area (Å²) >= 11 is 0. The van der Waals surface area contributed by atoms with Crippen LogP contribution in [0.3, 0.4) is 0 Å². The van der Waals surface area contributed by atoms with Crippen LogP contribution in [0.15, 0.2) is 41.5 Å². The highest BCUT2D eigenvalue weighted by Crippen LogP contribution is 2.15. The van der Waals surface area contributed by atoms with Crippen molar-refractivity contribution in [2.24, 2.45) is 0 Å². The van der Waals surface area contributed by atoms with Gasteiger partial charge in [0, 0.05) is 43.6 Å². The molecule has 3 heterocycles. The van der Waals surface area contributed by atoms with Crippen molar-refractivity contribution in [1.82, 2.24) is 20.6 Å². The summed E-state index contributed by atoms with van der Waals surface area (Å²) in [5, 5.41) is 5.83. The highest BCUT2D eigenvalue weighted by atomic mass is 16.3. The summed E-state index contributed by atoms with van der Waals surface area (Å²) in [6.45, 7) is 2.16. The number of nitrogens with zero attached hydrogens (tertiary/aromatic N) is 3. The Morgan fingerprint density at radius 3 is 2.77 bits per heavy atom. The van der Waals surface area contributed by atoms with E-state index in [0.717, 1.165) is 37.4 Å². The molecule has 7 heteroatoms. The summed E-state index contributed by atoms with van der Waals surface area (Å²) in [6, 6.07) is 3.68. The molecule has 116 valence electrons. The second-order valence-electron chi connectivity index (χ2n) is 5.27. The second-order valence-corrected chi connectivity index (χ2v) is 5.27. The molecule has 0 radical (unpaired) electrons. The number of rotatable bonds is 4. The Bertz CT molecular complexity index is 579. The van der Waals surface area contributed by atoms with Gasteiger partial charge in [-0.2, -0.15) is 0 Å². The van der Waals surface area contributed by atoms with Crippen molar-refractivity contribution in [3.05, 3.63) is 42.6 Å². The highest BCUT2D eigenvalue weighted by Gasteiger charge is 2.21. The van der Waals surface area contributed by atoms with Crippen molar-refractivity contribution in [3.8, 4) is 0 Å². The zero-order valence-corrected chi connectivity index (χ0v) is 12.2. The van der Waals surface area contributed by atoms with Gasteiger partial charge in [0.25, 0.3) is 0 Å². The summed E-state index contributed by atoms with van der Waals surface area (Å²) in [6.07, 6.45) is 8.48. The number of hydrogen-bond acceptors (Lipinski definition) is 5. The molecular formula is C15H19N5O2. The van der Waals surface area contributed by atoms with E-state index in [-0.39, 0.29) is 12.1 Å². The highest BCUT2D eigenvalue weighted by molar-refractivity contribution is 5.74. The van der Waals surface area contributed by atoms with Crippen LogP contribution in [-0.2, 0) is 6.54 Å². The Labute approximate surface area is 128 Å². The van der Waals surface area contributed by atoms with Crippen LogP contribution in [0.2, 0.25) is 0 Å². The molecule has 1 aliphatic rings. The SMILES string of the molecule is O=C(NCc1ccoc1)NC1CCN(c2ncccn2)CC1. The summed E-state index contributed by atoms with van der Waals surface area (Å²) < 4.78 is 4.96. The molecule has 7 nitrogen and oxygen atoms in total. The molecule has 0 saturated carbocycles. The maximum absolute atomic E-state index is 11.9. The molecule has 0 aliphatic carbocycles. The average Bonchev–Trinajstić information content (AvgIpc) is 3.08. The Morgan fingerprint density at radius 1 is 1.32 bits per heavy atom. The fraction of sp³-hybridized carbons (Fsp3) is 0.400. The Kier molecular flexibility index (Phi) is 4.53. The van der Waals surface area contributed by atoms with Crippen LogP contribution in [0, 0.1) is 0 Å². The molecule has 2 amide bonds. The predicted octanol–water partition coefficient (Wildman–Crippen LogP) is 1.54. The number of nitrogens with one attached hydrogen (secondary N) is 2. The molecular weight excluding hydrogens is 282 g/mol. The number of hydrogen-bond donors (Lipinski definition) is 2. The van der Waals surface area contributed by atoms with Gasteiger partial charge in [0.2, 0.25) is 5.95 Å². The number of carbonyl (C=O) groups excluding carboxylic acids is 1. The zero-order chi connectivity index (χ0) is 15.2. The van der Waals surface area contributed by atoms with Gasteiger partial charge >= 0.3 is 6.03 Å². The summed E-state index contributed by atoms with van der Waals surface area (Å²) in [7, 11) is 0. The number of urea groups is 1. The minimum Gasteiger partial charge on any atom is -0.472 e. The first-order valence-electron chi connectivity index (χ1n) is 7.38. The molecule has 1 aliphatic heterocycles. The van der Waals surface area contributed by atoms with Crippen LogP contribution in [0.5, 0.6) is 0 Å². The Hall–Kier alpha value is -2.57. The van der Waals surface area contributed by atoms with Crippen molar-refractivity contribution in [2.75, 3.05) is 18.0 Å². The lowest BCUT2D eigenvalue weighted by molar-refractivity contribution is 0.234. The first kappa shape index (κ1) is 14.4. The van der Waals surface area contributed by atoms with Gasteiger partial charge in [-0.15, -0.1) is 0 Å². The molecule has 2 aromatic heterocycles. The van der Waals surface area contributed by atoms with E-state index in [1.54, 1.807) is 24.9 Å². The monoisotopic (exact) mass is 301 g/mol. The van der Waals surface area contributed by atoms with Crippen LogP contribution in [0.25, 0.3) is 0 Å². The third-order valence-corrected chi connectivity index (χ3v) is 3.70. The first-order chi connectivity index (χ1) is 10.8. The van der Waals surface area contributed by atoms with E-state index in [0.29, 0.717) is 6.54 Å². The van der Waals surface area contributed by atoms with Crippen molar-refractivity contribution < 1.29 is 9.21 Å². The third-order valence-electron chi connectivity index (χ3n) is 3.70.